The van der Waals surface area contributed by atoms with Gasteiger partial charge in [0.25, 0.3) is 10.0 Å². The van der Waals surface area contributed by atoms with Crippen LogP contribution in [0.4, 0.5) is 5.69 Å². The van der Waals surface area contributed by atoms with Crippen molar-refractivity contribution >= 4 is 33.0 Å². The summed E-state index contributed by atoms with van der Waals surface area (Å²) in [5.41, 5.74) is 0.744. The monoisotopic (exact) mass is 423 g/mol. The molecule has 2 N–H and O–H groups in total. The molecule has 1 aromatic heterocycles. The zero-order chi connectivity index (χ0) is 20.3. The Hall–Kier alpha value is -2.10. The lowest BCUT2D eigenvalue weighted by Crippen LogP contribution is -2.56. The number of rotatable bonds is 6. The second-order valence-corrected chi connectivity index (χ2v) is 9.96. The average Bonchev–Trinajstić information content (AvgIpc) is 3.22. The maximum absolute atomic E-state index is 13.0. The summed E-state index contributed by atoms with van der Waals surface area (Å²) in [5.74, 6) is -0.184. The number of amides is 1. The molecule has 9 heteroatoms. The van der Waals surface area contributed by atoms with Crippen LogP contribution in [0.15, 0.2) is 46.0 Å². The van der Waals surface area contributed by atoms with Gasteiger partial charge in [-0.25, -0.2) is 8.42 Å². The van der Waals surface area contributed by atoms with Crippen molar-refractivity contribution in [3.8, 4) is 5.75 Å². The van der Waals surface area contributed by atoms with Crippen LogP contribution in [0.2, 0.25) is 0 Å². The molecule has 0 spiro atoms. The number of anilines is 1. The number of benzene rings is 1. The number of nitrogens with zero attached hydrogens (tertiary/aromatic N) is 2. The van der Waals surface area contributed by atoms with Crippen LogP contribution in [0.3, 0.4) is 0 Å². The number of carbonyl (C=O) groups excluding carboxylic acids is 1. The number of aromatic hydroxyl groups is 1. The van der Waals surface area contributed by atoms with E-state index in [9.17, 15) is 18.3 Å². The highest BCUT2D eigenvalue weighted by Crippen LogP contribution is 2.27. The third kappa shape index (κ3) is 4.48. The number of sulfonamides is 1. The van der Waals surface area contributed by atoms with Crippen molar-refractivity contribution in [3.63, 3.8) is 0 Å². The third-order valence-corrected chi connectivity index (χ3v) is 7.63. The van der Waals surface area contributed by atoms with E-state index in [1.807, 2.05) is 30.9 Å². The van der Waals surface area contributed by atoms with E-state index in [2.05, 4.69) is 4.72 Å². The number of carbonyl (C=O) groups is 1. The lowest BCUT2D eigenvalue weighted by Gasteiger charge is -2.38. The van der Waals surface area contributed by atoms with Gasteiger partial charge in [0.15, 0.2) is 0 Å². The first-order chi connectivity index (χ1) is 13.3. The molecule has 1 atom stereocenters. The van der Waals surface area contributed by atoms with Crippen molar-refractivity contribution in [2.75, 3.05) is 31.1 Å². The number of phenols is 1. The van der Waals surface area contributed by atoms with Gasteiger partial charge in [-0.3, -0.25) is 4.79 Å². The summed E-state index contributed by atoms with van der Waals surface area (Å²) in [6.45, 7) is 5.75. The molecule has 0 bridgehead atoms. The predicted octanol–water partition coefficient (Wildman–Crippen LogP) is 2.11. The summed E-state index contributed by atoms with van der Waals surface area (Å²) in [6, 6.07) is 9.50. The molecule has 152 valence electrons. The number of piperazine rings is 1. The molecule has 1 aliphatic rings. The van der Waals surface area contributed by atoms with Gasteiger partial charge in [0.05, 0.1) is 5.69 Å². The topological polar surface area (TPSA) is 90.0 Å². The Morgan fingerprint density at radius 1 is 1.11 bits per heavy atom. The van der Waals surface area contributed by atoms with Gasteiger partial charge >= 0.3 is 0 Å². The zero-order valence-electron chi connectivity index (χ0n) is 15.9. The van der Waals surface area contributed by atoms with Crippen molar-refractivity contribution < 1.29 is 18.3 Å². The maximum atomic E-state index is 13.0. The normalized spacial score (nSPS) is 16.4. The number of nitrogens with one attached hydrogen (secondary N) is 1. The average molecular weight is 424 g/mol. The quantitative estimate of drug-likeness (QED) is 0.743. The summed E-state index contributed by atoms with van der Waals surface area (Å²) >= 11 is 1.12. The van der Waals surface area contributed by atoms with Crippen LogP contribution in [0.5, 0.6) is 5.75 Å². The standard InChI is InChI=1S/C19H25N3O4S2/c1-14(2)18(20-28(25,26)17-8-5-13-27-17)19(24)22-11-9-21(10-12-22)15-6-3-4-7-16(15)23/h3-8,13-14,18,20,23H,9-12H2,1-2H3. The Balaban J connectivity index is 1.67. The molecule has 0 saturated carbocycles. The van der Waals surface area contributed by atoms with E-state index < -0.39 is 16.1 Å². The van der Waals surface area contributed by atoms with Crippen molar-refractivity contribution in [1.82, 2.24) is 9.62 Å². The first kappa shape index (κ1) is 20.6. The van der Waals surface area contributed by atoms with E-state index in [4.69, 9.17) is 0 Å². The van der Waals surface area contributed by atoms with Crippen LogP contribution >= 0.6 is 11.3 Å². The lowest BCUT2D eigenvalue weighted by molar-refractivity contribution is -0.134. The molecule has 0 aliphatic carbocycles. The van der Waals surface area contributed by atoms with E-state index in [1.54, 1.807) is 28.5 Å². The summed E-state index contributed by atoms with van der Waals surface area (Å²) < 4.78 is 27.9. The van der Waals surface area contributed by atoms with Crippen LogP contribution < -0.4 is 9.62 Å². The first-order valence-corrected chi connectivity index (χ1v) is 11.5. The van der Waals surface area contributed by atoms with Gasteiger partial charge in [0, 0.05) is 26.2 Å². The Morgan fingerprint density at radius 2 is 1.79 bits per heavy atom. The van der Waals surface area contributed by atoms with E-state index in [0.717, 1.165) is 17.0 Å². The van der Waals surface area contributed by atoms with Crippen LogP contribution in [-0.4, -0.2) is 56.6 Å². The Bertz CT molecular complexity index is 905. The molecule has 28 heavy (non-hydrogen) atoms. The smallest absolute Gasteiger partial charge is 0.250 e. The minimum atomic E-state index is -3.73. The van der Waals surface area contributed by atoms with Gasteiger partial charge in [0.2, 0.25) is 5.91 Å². The number of hydrogen-bond donors (Lipinski definition) is 2. The van der Waals surface area contributed by atoms with Gasteiger partial charge in [-0.05, 0) is 29.5 Å². The highest BCUT2D eigenvalue weighted by Gasteiger charge is 2.33. The maximum Gasteiger partial charge on any atom is 0.250 e. The van der Waals surface area contributed by atoms with Crippen LogP contribution in [0.25, 0.3) is 0 Å². The molecule has 1 unspecified atom stereocenters. The van der Waals surface area contributed by atoms with E-state index in [0.29, 0.717) is 26.2 Å². The number of phenolic OH excluding ortho intramolecular Hbond substituents is 1. The minimum absolute atomic E-state index is 0.182. The summed E-state index contributed by atoms with van der Waals surface area (Å²) in [5, 5.41) is 11.7. The van der Waals surface area contributed by atoms with Crippen molar-refractivity contribution in [2.24, 2.45) is 5.92 Å². The molecule has 1 aliphatic heterocycles. The largest absolute Gasteiger partial charge is 0.506 e. The van der Waals surface area contributed by atoms with Crippen molar-refractivity contribution in [1.29, 1.82) is 0 Å². The molecule has 3 rings (SSSR count). The Morgan fingerprint density at radius 3 is 2.36 bits per heavy atom. The summed E-state index contributed by atoms with van der Waals surface area (Å²) in [7, 11) is -3.73. The fourth-order valence-corrected chi connectivity index (χ4v) is 5.56. The first-order valence-electron chi connectivity index (χ1n) is 9.17. The van der Waals surface area contributed by atoms with Crippen LogP contribution in [0.1, 0.15) is 13.8 Å². The van der Waals surface area contributed by atoms with Gasteiger partial charge in [0.1, 0.15) is 16.0 Å². The molecule has 0 radical (unpaired) electrons. The number of para-hydroxylation sites is 2. The van der Waals surface area contributed by atoms with Gasteiger partial charge < -0.3 is 14.9 Å². The highest BCUT2D eigenvalue weighted by molar-refractivity contribution is 7.91. The van der Waals surface area contributed by atoms with E-state index in [-0.39, 0.29) is 21.8 Å². The second-order valence-electron chi connectivity index (χ2n) is 7.08. The second kappa shape index (κ2) is 8.50. The lowest BCUT2D eigenvalue weighted by atomic mass is 10.0. The molecule has 7 nitrogen and oxygen atoms in total. The van der Waals surface area contributed by atoms with Gasteiger partial charge in [-0.1, -0.05) is 32.0 Å². The molecular weight excluding hydrogens is 398 g/mol. The molecule has 1 fully saturated rings. The van der Waals surface area contributed by atoms with Crippen LogP contribution in [-0.2, 0) is 14.8 Å². The predicted molar refractivity (Wildman–Crippen MR) is 110 cm³/mol. The molecule has 1 saturated heterocycles. The molecule has 1 aromatic carbocycles. The fraction of sp³-hybridized carbons (Fsp3) is 0.421. The zero-order valence-corrected chi connectivity index (χ0v) is 17.5. The van der Waals surface area contributed by atoms with Crippen molar-refractivity contribution in [3.05, 3.63) is 41.8 Å². The van der Waals surface area contributed by atoms with Gasteiger partial charge in [-0.2, -0.15) is 4.72 Å². The Labute approximate surface area is 169 Å². The molecule has 2 aromatic rings. The van der Waals surface area contributed by atoms with Crippen molar-refractivity contribution in [2.45, 2.75) is 24.1 Å². The minimum Gasteiger partial charge on any atom is -0.506 e. The summed E-state index contributed by atoms with van der Waals surface area (Å²) in [6.07, 6.45) is 0. The highest BCUT2D eigenvalue weighted by atomic mass is 32.2. The molecule has 2 heterocycles. The van der Waals surface area contributed by atoms with E-state index in [1.165, 1.54) is 6.07 Å². The van der Waals surface area contributed by atoms with Crippen LogP contribution in [0, 0.1) is 5.92 Å². The van der Waals surface area contributed by atoms with E-state index >= 15 is 0 Å². The fourth-order valence-electron chi connectivity index (χ4n) is 3.21. The SMILES string of the molecule is CC(C)C(NS(=O)(=O)c1cccs1)C(=O)N1CCN(c2ccccc2O)CC1. The summed E-state index contributed by atoms with van der Waals surface area (Å²) in [4.78, 5) is 16.8. The molecular formula is C19H25N3O4S2. The molecule has 1 amide bonds. The third-order valence-electron chi connectivity index (χ3n) is 4.79. The van der Waals surface area contributed by atoms with Gasteiger partial charge in [-0.15, -0.1) is 11.3 Å². The Kier molecular flexibility index (Phi) is 6.26. The number of hydrogen-bond acceptors (Lipinski definition) is 6. The number of thiophene rings is 1.